The number of furan rings is 1. The summed E-state index contributed by atoms with van der Waals surface area (Å²) in [5.41, 5.74) is 10.8. The molecule has 1 aliphatic heterocycles. The molecule has 0 bridgehead atoms. The van der Waals surface area contributed by atoms with Crippen LogP contribution in [-0.4, -0.2) is 17.1 Å². The third-order valence-electron chi connectivity index (χ3n) is 10.8. The molecule has 3 heterocycles. The summed E-state index contributed by atoms with van der Waals surface area (Å²) in [5, 5.41) is 9.80. The summed E-state index contributed by atoms with van der Waals surface area (Å²) in [5.74, 6) is 0. The van der Waals surface area contributed by atoms with Gasteiger partial charge in [0.25, 0.3) is 0 Å². The lowest BCUT2D eigenvalue weighted by atomic mass is 9.99. The summed E-state index contributed by atoms with van der Waals surface area (Å²) in [6.07, 6.45) is 4.87. The molecule has 1 aliphatic rings. The number of benzene rings is 8. The van der Waals surface area contributed by atoms with Crippen molar-refractivity contribution in [2.45, 2.75) is 9.79 Å². The molecule has 0 aliphatic carbocycles. The highest BCUT2D eigenvalue weighted by Crippen LogP contribution is 2.67. The highest BCUT2D eigenvalue weighted by atomic mass is 32.3. The van der Waals surface area contributed by atoms with E-state index < -0.39 is 10.0 Å². The number of para-hydroxylation sites is 2. The van der Waals surface area contributed by atoms with Crippen LogP contribution >= 0.6 is 10.0 Å². The molecule has 0 atom stereocenters. The van der Waals surface area contributed by atoms with E-state index in [0.717, 1.165) is 11.2 Å². The summed E-state index contributed by atoms with van der Waals surface area (Å²) in [6, 6.07) is 56.1. The van der Waals surface area contributed by atoms with Crippen LogP contribution in [0, 0.1) is 0 Å². The summed E-state index contributed by atoms with van der Waals surface area (Å²) < 4.78 is 8.63. The van der Waals surface area contributed by atoms with E-state index in [-0.39, 0.29) is 0 Å². The molecule has 232 valence electrons. The molecule has 2 aromatic heterocycles. The van der Waals surface area contributed by atoms with Crippen LogP contribution in [0.5, 0.6) is 0 Å². The molecule has 0 radical (unpaired) electrons. The van der Waals surface area contributed by atoms with Crippen LogP contribution in [-0.2, 0) is 0 Å². The van der Waals surface area contributed by atoms with E-state index >= 15 is 0 Å². The molecule has 3 heteroatoms. The molecular formula is C46H31NOS. The summed E-state index contributed by atoms with van der Waals surface area (Å²) in [6.45, 7) is 0. The van der Waals surface area contributed by atoms with E-state index in [2.05, 4.69) is 163 Å². The minimum Gasteiger partial charge on any atom is -0.456 e. The Morgan fingerprint density at radius 2 is 1.18 bits per heavy atom. The standard InChI is InChI=1S/C46H31NOS/c1-49(2)44-14-8-5-10-35(44)36-20-16-30(27-45(36)49)28-17-21-41-39(26-28)34-9-3-6-12-40(34)47(41)33-19-15-29-25-38-31(23-32(29)24-33)18-22-43-46(38)37-11-4-7-13-42(37)48-43/h3-27H,1-2H3. The Kier molecular flexibility index (Phi) is 5.36. The summed E-state index contributed by atoms with van der Waals surface area (Å²) in [7, 11) is -1.06. The average Bonchev–Trinajstić information content (AvgIpc) is 3.76. The van der Waals surface area contributed by atoms with E-state index in [1.165, 1.54) is 91.9 Å². The Balaban J connectivity index is 1.07. The van der Waals surface area contributed by atoms with Gasteiger partial charge in [-0.2, -0.15) is 10.0 Å². The van der Waals surface area contributed by atoms with Crippen LogP contribution in [0.2, 0.25) is 0 Å². The average molecular weight is 646 g/mol. The number of rotatable bonds is 2. The second kappa shape index (κ2) is 9.65. The minimum absolute atomic E-state index is 0.932. The number of nitrogens with zero attached hydrogens (tertiary/aromatic N) is 1. The minimum atomic E-state index is -1.06. The van der Waals surface area contributed by atoms with Gasteiger partial charge < -0.3 is 8.98 Å². The molecule has 0 saturated carbocycles. The van der Waals surface area contributed by atoms with E-state index in [9.17, 15) is 0 Å². The van der Waals surface area contributed by atoms with Crippen LogP contribution in [0.25, 0.3) is 93.2 Å². The Morgan fingerprint density at radius 3 is 2.12 bits per heavy atom. The van der Waals surface area contributed by atoms with Crippen molar-refractivity contribution in [2.24, 2.45) is 0 Å². The van der Waals surface area contributed by atoms with Gasteiger partial charge >= 0.3 is 0 Å². The predicted octanol–water partition coefficient (Wildman–Crippen LogP) is 13.1. The third-order valence-corrected chi connectivity index (χ3v) is 13.7. The molecule has 0 N–H and O–H groups in total. The first-order chi connectivity index (χ1) is 24.0. The fourth-order valence-corrected chi connectivity index (χ4v) is 11.0. The maximum Gasteiger partial charge on any atom is 0.136 e. The van der Waals surface area contributed by atoms with Crippen LogP contribution in [0.1, 0.15) is 0 Å². The largest absolute Gasteiger partial charge is 0.456 e. The Hall–Kier alpha value is -5.77. The van der Waals surface area contributed by atoms with Gasteiger partial charge in [-0.05, 0) is 123 Å². The maximum absolute atomic E-state index is 6.20. The van der Waals surface area contributed by atoms with Gasteiger partial charge in [0.1, 0.15) is 11.2 Å². The smallest absolute Gasteiger partial charge is 0.136 e. The van der Waals surface area contributed by atoms with Crippen molar-refractivity contribution in [3.63, 3.8) is 0 Å². The Labute approximate surface area is 285 Å². The van der Waals surface area contributed by atoms with Crippen LogP contribution in [0.4, 0.5) is 0 Å². The molecule has 0 spiro atoms. The van der Waals surface area contributed by atoms with Gasteiger partial charge in [0.2, 0.25) is 0 Å². The highest BCUT2D eigenvalue weighted by molar-refractivity contribution is 8.33. The molecule has 2 nitrogen and oxygen atoms in total. The van der Waals surface area contributed by atoms with Gasteiger partial charge in [-0.3, -0.25) is 0 Å². The molecule has 0 fully saturated rings. The first-order valence-corrected chi connectivity index (χ1v) is 19.3. The molecule has 0 amide bonds. The van der Waals surface area contributed by atoms with Crippen molar-refractivity contribution >= 4 is 75.3 Å². The normalized spacial score (nSPS) is 14.3. The first-order valence-electron chi connectivity index (χ1n) is 16.8. The van der Waals surface area contributed by atoms with E-state index in [4.69, 9.17) is 4.42 Å². The molecule has 8 aromatic carbocycles. The van der Waals surface area contributed by atoms with Crippen molar-refractivity contribution in [1.82, 2.24) is 4.57 Å². The third kappa shape index (κ3) is 3.74. The van der Waals surface area contributed by atoms with Crippen molar-refractivity contribution in [1.29, 1.82) is 0 Å². The van der Waals surface area contributed by atoms with E-state index in [1.54, 1.807) is 0 Å². The predicted molar refractivity (Wildman–Crippen MR) is 210 cm³/mol. The van der Waals surface area contributed by atoms with E-state index in [0.29, 0.717) is 0 Å². The summed E-state index contributed by atoms with van der Waals surface area (Å²) in [4.78, 5) is 2.98. The van der Waals surface area contributed by atoms with Gasteiger partial charge in [-0.1, -0.05) is 84.9 Å². The van der Waals surface area contributed by atoms with Gasteiger partial charge in [0.05, 0.1) is 11.0 Å². The lowest BCUT2D eigenvalue weighted by Gasteiger charge is -2.28. The van der Waals surface area contributed by atoms with Crippen molar-refractivity contribution < 1.29 is 4.42 Å². The van der Waals surface area contributed by atoms with Gasteiger partial charge in [-0.25, -0.2) is 0 Å². The number of fused-ring (bicyclic) bond motifs is 12. The van der Waals surface area contributed by atoms with Crippen LogP contribution in [0.15, 0.2) is 166 Å². The number of hydrogen-bond donors (Lipinski definition) is 0. The number of hydrogen-bond acceptors (Lipinski definition) is 1. The SMILES string of the molecule is CS1(C)c2ccccc2-c2ccc(-c3ccc4c(c3)c3ccccc3n4-c3ccc4cc5c(ccc6oc7ccccc7c65)cc4c3)cc21. The zero-order chi connectivity index (χ0) is 32.4. The van der Waals surface area contributed by atoms with Crippen molar-refractivity contribution in [2.75, 3.05) is 12.5 Å². The second-order valence-corrected chi connectivity index (χ2v) is 17.3. The topological polar surface area (TPSA) is 18.1 Å². The van der Waals surface area contributed by atoms with Gasteiger partial charge in [0, 0.05) is 37.0 Å². The van der Waals surface area contributed by atoms with Gasteiger partial charge in [-0.15, -0.1) is 0 Å². The Morgan fingerprint density at radius 1 is 0.449 bits per heavy atom. The number of aromatic nitrogens is 1. The summed E-state index contributed by atoms with van der Waals surface area (Å²) >= 11 is 0. The van der Waals surface area contributed by atoms with Gasteiger partial charge in [0.15, 0.2) is 0 Å². The first kappa shape index (κ1) is 27.2. The van der Waals surface area contributed by atoms with Crippen LogP contribution < -0.4 is 0 Å². The molecule has 11 rings (SSSR count). The Bertz CT molecular complexity index is 3030. The lowest BCUT2D eigenvalue weighted by Crippen LogP contribution is -1.94. The molecule has 0 unspecified atom stereocenters. The van der Waals surface area contributed by atoms with Crippen molar-refractivity contribution in [3.8, 4) is 27.9 Å². The monoisotopic (exact) mass is 645 g/mol. The van der Waals surface area contributed by atoms with E-state index in [1.807, 2.05) is 6.07 Å². The lowest BCUT2D eigenvalue weighted by molar-refractivity contribution is 0.669. The van der Waals surface area contributed by atoms with Crippen molar-refractivity contribution in [3.05, 3.63) is 152 Å². The zero-order valence-corrected chi connectivity index (χ0v) is 28.0. The fourth-order valence-electron chi connectivity index (χ4n) is 8.45. The highest BCUT2D eigenvalue weighted by Gasteiger charge is 2.31. The molecule has 0 saturated heterocycles. The van der Waals surface area contributed by atoms with Crippen LogP contribution in [0.3, 0.4) is 0 Å². The maximum atomic E-state index is 6.20. The quantitative estimate of drug-likeness (QED) is 0.171. The molecule has 10 aromatic rings. The fraction of sp³-hybridized carbons (Fsp3) is 0.0435. The zero-order valence-electron chi connectivity index (χ0n) is 27.2. The molecule has 49 heavy (non-hydrogen) atoms. The molecular weight excluding hydrogens is 615 g/mol. The second-order valence-electron chi connectivity index (χ2n) is 13.8.